The first-order chi connectivity index (χ1) is 5.45. The van der Waals surface area contributed by atoms with Crippen LogP contribution in [0, 0.1) is 5.92 Å². The lowest BCUT2D eigenvalue weighted by molar-refractivity contribution is 0.269. The first-order valence-corrected chi connectivity index (χ1v) is 6.12. The fourth-order valence-corrected chi connectivity index (χ4v) is 1.92. The Labute approximate surface area is 79.1 Å². The molecule has 0 rings (SSSR count). The molecule has 0 atom stereocenters. The molecule has 2 nitrogen and oxygen atoms in total. The first kappa shape index (κ1) is 14.6. The van der Waals surface area contributed by atoms with Crippen molar-refractivity contribution in [1.29, 1.82) is 0 Å². The van der Waals surface area contributed by atoms with Gasteiger partial charge in [-0.2, -0.15) is 0 Å². The Hall–Kier alpha value is 0.137. The van der Waals surface area contributed by atoms with Crippen molar-refractivity contribution in [3.63, 3.8) is 0 Å². The summed E-state index contributed by atoms with van der Waals surface area (Å²) in [6.45, 7) is 10.7. The second-order valence-electron chi connectivity index (χ2n) is 3.82. The maximum atomic E-state index is 5.08. The average molecular weight is 192 g/mol. The van der Waals surface area contributed by atoms with Crippen molar-refractivity contribution >= 4 is 9.28 Å². The van der Waals surface area contributed by atoms with E-state index in [1.54, 1.807) is 14.2 Å². The van der Waals surface area contributed by atoms with Crippen molar-refractivity contribution in [1.82, 2.24) is 0 Å². The number of rotatable bonds is 3. The highest BCUT2D eigenvalue weighted by molar-refractivity contribution is 6.45. The summed E-state index contributed by atoms with van der Waals surface area (Å²) in [6, 6.07) is 0. The summed E-state index contributed by atoms with van der Waals surface area (Å²) in [5.74, 6) is 0.833. The minimum atomic E-state index is -1.27. The lowest BCUT2D eigenvalue weighted by atomic mass is 10.3. The van der Waals surface area contributed by atoms with Crippen LogP contribution in [0.25, 0.3) is 0 Å². The molecule has 0 saturated heterocycles. The second-order valence-corrected chi connectivity index (χ2v) is 6.83. The molecule has 76 valence electrons. The molecular formula is C9H24O2Si. The van der Waals surface area contributed by atoms with Crippen molar-refractivity contribution < 1.29 is 8.85 Å². The maximum absolute atomic E-state index is 5.08. The van der Waals surface area contributed by atoms with Gasteiger partial charge in [0.05, 0.1) is 0 Å². The molecule has 0 radical (unpaired) electrons. The lowest BCUT2D eigenvalue weighted by Crippen LogP contribution is -2.22. The van der Waals surface area contributed by atoms with Gasteiger partial charge >= 0.3 is 9.28 Å². The third-order valence-corrected chi connectivity index (χ3v) is 3.03. The van der Waals surface area contributed by atoms with E-state index >= 15 is 0 Å². The predicted octanol–water partition coefficient (Wildman–Crippen LogP) is 2.57. The molecule has 12 heavy (non-hydrogen) atoms. The van der Waals surface area contributed by atoms with E-state index in [9.17, 15) is 0 Å². The molecule has 0 spiro atoms. The van der Waals surface area contributed by atoms with Gasteiger partial charge in [-0.05, 0) is 11.5 Å². The highest BCUT2D eigenvalue weighted by atomic mass is 28.3. The summed E-state index contributed by atoms with van der Waals surface area (Å²) in [5, 5.41) is 0. The molecule has 0 aliphatic rings. The molecule has 0 aromatic carbocycles. The Balaban J connectivity index is 0. The zero-order valence-electron chi connectivity index (χ0n) is 9.55. The minimum Gasteiger partial charge on any atom is -0.400 e. The molecule has 0 heterocycles. The van der Waals surface area contributed by atoms with E-state index in [2.05, 4.69) is 34.6 Å². The van der Waals surface area contributed by atoms with Crippen LogP contribution in [0.4, 0.5) is 0 Å². The van der Waals surface area contributed by atoms with Gasteiger partial charge in [0.15, 0.2) is 0 Å². The van der Waals surface area contributed by atoms with Crippen LogP contribution < -0.4 is 0 Å². The third kappa shape index (κ3) is 12.8. The van der Waals surface area contributed by atoms with Crippen molar-refractivity contribution in [2.75, 3.05) is 14.2 Å². The standard InChI is InChI=1S/C5H14O2Si.C4H10/c1-5(2)8(6-3)7-4;1-4(2)3/h5,8H,1-4H3;4H,1-3H3. The SMILES string of the molecule is CC(C)C.CO[SiH](OC)C(C)C. The van der Waals surface area contributed by atoms with Gasteiger partial charge < -0.3 is 8.85 Å². The summed E-state index contributed by atoms with van der Waals surface area (Å²) >= 11 is 0. The molecule has 0 amide bonds. The number of hydrogen-bond donors (Lipinski definition) is 0. The van der Waals surface area contributed by atoms with Gasteiger partial charge in [-0.3, -0.25) is 0 Å². The van der Waals surface area contributed by atoms with Crippen LogP contribution in [-0.2, 0) is 8.85 Å². The Bertz CT molecular complexity index is 77.8. The van der Waals surface area contributed by atoms with Gasteiger partial charge in [-0.15, -0.1) is 0 Å². The van der Waals surface area contributed by atoms with Crippen LogP contribution in [0.15, 0.2) is 0 Å². The molecular weight excluding hydrogens is 168 g/mol. The molecule has 0 aliphatic heterocycles. The molecule has 0 aromatic heterocycles. The Morgan fingerprint density at radius 1 is 0.833 bits per heavy atom. The summed E-state index contributed by atoms with van der Waals surface area (Å²) in [5.41, 5.74) is 0.574. The lowest BCUT2D eigenvalue weighted by Gasteiger charge is -2.13. The zero-order valence-corrected chi connectivity index (χ0v) is 10.7. The van der Waals surface area contributed by atoms with Gasteiger partial charge in [0.25, 0.3) is 0 Å². The highest BCUT2D eigenvalue weighted by Gasteiger charge is 2.13. The fourth-order valence-electron chi connectivity index (χ4n) is 0.641. The van der Waals surface area contributed by atoms with Crippen LogP contribution in [0.5, 0.6) is 0 Å². The summed E-state index contributed by atoms with van der Waals surface area (Å²) in [6.07, 6.45) is 0. The summed E-state index contributed by atoms with van der Waals surface area (Å²) < 4.78 is 10.2. The van der Waals surface area contributed by atoms with E-state index in [4.69, 9.17) is 8.85 Å². The number of hydrogen-bond acceptors (Lipinski definition) is 2. The highest BCUT2D eigenvalue weighted by Crippen LogP contribution is 2.06. The van der Waals surface area contributed by atoms with E-state index in [1.807, 2.05) is 0 Å². The second kappa shape index (κ2) is 9.23. The smallest absolute Gasteiger partial charge is 0.323 e. The average Bonchev–Trinajstić information content (AvgIpc) is 1.87. The van der Waals surface area contributed by atoms with E-state index in [1.165, 1.54) is 0 Å². The molecule has 0 aromatic rings. The van der Waals surface area contributed by atoms with Gasteiger partial charge in [-0.25, -0.2) is 0 Å². The van der Waals surface area contributed by atoms with E-state index in [0.717, 1.165) is 5.92 Å². The molecule has 0 N–H and O–H groups in total. The van der Waals surface area contributed by atoms with Crippen LogP contribution in [0.1, 0.15) is 34.6 Å². The van der Waals surface area contributed by atoms with Crippen LogP contribution in [0.3, 0.4) is 0 Å². The molecule has 0 saturated carbocycles. The molecule has 0 aliphatic carbocycles. The molecule has 0 bridgehead atoms. The van der Waals surface area contributed by atoms with Crippen LogP contribution in [0.2, 0.25) is 5.54 Å². The van der Waals surface area contributed by atoms with Gasteiger partial charge in [0, 0.05) is 14.2 Å². The van der Waals surface area contributed by atoms with Crippen molar-refractivity contribution in [2.45, 2.75) is 40.2 Å². The van der Waals surface area contributed by atoms with Crippen LogP contribution >= 0.6 is 0 Å². The largest absolute Gasteiger partial charge is 0.400 e. The quantitative estimate of drug-likeness (QED) is 0.640. The van der Waals surface area contributed by atoms with Gasteiger partial charge in [0.2, 0.25) is 0 Å². The predicted molar refractivity (Wildman–Crippen MR) is 56.8 cm³/mol. The molecule has 3 heteroatoms. The Morgan fingerprint density at radius 3 is 1.08 bits per heavy atom. The van der Waals surface area contributed by atoms with Gasteiger partial charge in [-0.1, -0.05) is 34.6 Å². The van der Waals surface area contributed by atoms with Crippen molar-refractivity contribution in [3.05, 3.63) is 0 Å². The Kier molecular flexibility index (Phi) is 11.3. The summed E-state index contributed by atoms with van der Waals surface area (Å²) in [4.78, 5) is 0. The first-order valence-electron chi connectivity index (χ1n) is 4.51. The van der Waals surface area contributed by atoms with Crippen LogP contribution in [-0.4, -0.2) is 23.5 Å². The van der Waals surface area contributed by atoms with Gasteiger partial charge in [0.1, 0.15) is 0 Å². The monoisotopic (exact) mass is 192 g/mol. The molecule has 0 unspecified atom stereocenters. The van der Waals surface area contributed by atoms with E-state index in [-0.39, 0.29) is 0 Å². The normalized spacial score (nSPS) is 10.5. The van der Waals surface area contributed by atoms with E-state index < -0.39 is 9.28 Å². The minimum absolute atomic E-state index is 0.574. The zero-order chi connectivity index (χ0) is 10.1. The topological polar surface area (TPSA) is 18.5 Å². The van der Waals surface area contributed by atoms with Crippen molar-refractivity contribution in [2.24, 2.45) is 5.92 Å². The van der Waals surface area contributed by atoms with Crippen molar-refractivity contribution in [3.8, 4) is 0 Å². The Morgan fingerprint density at radius 2 is 1.08 bits per heavy atom. The van der Waals surface area contributed by atoms with E-state index in [0.29, 0.717) is 5.54 Å². The fraction of sp³-hybridized carbons (Fsp3) is 1.00. The summed E-state index contributed by atoms with van der Waals surface area (Å²) in [7, 11) is 2.15. The third-order valence-electron chi connectivity index (χ3n) is 1.01. The molecule has 0 fully saturated rings. The maximum Gasteiger partial charge on any atom is 0.323 e.